The zero-order chi connectivity index (χ0) is 17.0. The third kappa shape index (κ3) is 3.52. The van der Waals surface area contributed by atoms with E-state index in [1.165, 1.54) is 19.2 Å². The number of nitriles is 1. The monoisotopic (exact) mass is 312 g/mol. The first-order chi connectivity index (χ1) is 10.9. The highest BCUT2D eigenvalue weighted by Gasteiger charge is 2.40. The molecule has 1 fully saturated rings. The third-order valence-electron chi connectivity index (χ3n) is 3.95. The van der Waals surface area contributed by atoms with E-state index in [9.17, 15) is 9.18 Å². The van der Waals surface area contributed by atoms with Crippen LogP contribution >= 0.6 is 0 Å². The Hall–Kier alpha value is -2.79. The predicted molar refractivity (Wildman–Crippen MR) is 83.9 cm³/mol. The van der Waals surface area contributed by atoms with Crippen LogP contribution in [-0.4, -0.2) is 30.2 Å². The maximum atomic E-state index is 13.4. The van der Waals surface area contributed by atoms with E-state index >= 15 is 0 Å². The molecule has 1 aromatic rings. The Morgan fingerprint density at radius 3 is 2.74 bits per heavy atom. The van der Waals surface area contributed by atoms with Crippen molar-refractivity contribution in [2.45, 2.75) is 25.8 Å². The summed E-state index contributed by atoms with van der Waals surface area (Å²) in [5.74, 6) is 5.23. The second-order valence-electron chi connectivity index (χ2n) is 5.71. The Balaban J connectivity index is 2.24. The van der Waals surface area contributed by atoms with Crippen molar-refractivity contribution in [1.29, 1.82) is 5.26 Å². The minimum Gasteiger partial charge on any atom is -0.453 e. The number of ether oxygens (including phenoxy) is 1. The van der Waals surface area contributed by atoms with Crippen molar-refractivity contribution in [3.05, 3.63) is 46.8 Å². The maximum Gasteiger partial charge on any atom is 0.410 e. The molecule has 118 valence electrons. The molecule has 0 spiro atoms. The van der Waals surface area contributed by atoms with E-state index < -0.39 is 11.4 Å². The molecule has 2 rings (SSSR count). The van der Waals surface area contributed by atoms with Crippen LogP contribution in [0.3, 0.4) is 0 Å². The normalized spacial score (nSPS) is 17.3. The average Bonchev–Trinajstić information content (AvgIpc) is 2.81. The van der Waals surface area contributed by atoms with Crippen LogP contribution in [0.25, 0.3) is 0 Å². The van der Waals surface area contributed by atoms with Gasteiger partial charge in [0.05, 0.1) is 24.3 Å². The number of methoxy groups -OCH3 is 1. The number of hydrogen-bond donors (Lipinski definition) is 0. The highest BCUT2D eigenvalue weighted by atomic mass is 19.1. The van der Waals surface area contributed by atoms with Crippen molar-refractivity contribution >= 4 is 6.09 Å². The molecule has 0 N–H and O–H groups in total. The first-order valence-corrected chi connectivity index (χ1v) is 7.16. The average molecular weight is 312 g/mol. The zero-order valence-electron chi connectivity index (χ0n) is 13.3. The number of carbonyl (C=O) groups excluding carboxylic acids is 1. The molecular formula is C18H17FN2O2. The molecule has 0 aromatic heterocycles. The number of allylic oxidation sites excluding steroid dienone is 1. The number of amides is 1. The second-order valence-corrected chi connectivity index (χ2v) is 5.71. The number of halogens is 1. The Bertz CT molecular complexity index is 763. The predicted octanol–water partition coefficient (Wildman–Crippen LogP) is 3.23. The van der Waals surface area contributed by atoms with Crippen LogP contribution in [0.15, 0.2) is 29.8 Å². The maximum absolute atomic E-state index is 13.4. The zero-order valence-corrected chi connectivity index (χ0v) is 13.3. The minimum atomic E-state index is -0.487. The summed E-state index contributed by atoms with van der Waals surface area (Å²) in [5, 5.41) is 8.83. The number of rotatable bonds is 0. The molecule has 0 atom stereocenters. The molecule has 0 radical (unpaired) electrons. The van der Waals surface area contributed by atoms with Gasteiger partial charge in [-0.2, -0.15) is 5.26 Å². The molecule has 0 unspecified atom stereocenters. The largest absolute Gasteiger partial charge is 0.453 e. The van der Waals surface area contributed by atoms with Crippen LogP contribution in [0.5, 0.6) is 0 Å². The van der Waals surface area contributed by atoms with Gasteiger partial charge in [-0.15, -0.1) is 0 Å². The van der Waals surface area contributed by atoms with Crippen molar-refractivity contribution < 1.29 is 13.9 Å². The molecule has 1 saturated heterocycles. The fraction of sp³-hybridized carbons (Fsp3) is 0.333. The molecule has 0 bridgehead atoms. The molecule has 0 saturated carbocycles. The Morgan fingerprint density at radius 2 is 2.09 bits per heavy atom. The molecule has 1 aliphatic rings. The standard InChI is InChI=1S/C18H17FN2O2/c1-18(2)15(7-8-21(18)17(22)23-3)6-4-5-13-9-14(12-20)11-16(19)10-13/h6,9-11H,7-8H2,1-3H3/b15-6+. The minimum absolute atomic E-state index is 0.236. The van der Waals surface area contributed by atoms with Gasteiger partial charge in [0.25, 0.3) is 0 Å². The van der Waals surface area contributed by atoms with Gasteiger partial charge in [-0.3, -0.25) is 4.90 Å². The summed E-state index contributed by atoms with van der Waals surface area (Å²) in [6.45, 7) is 4.44. The van der Waals surface area contributed by atoms with E-state index in [2.05, 4.69) is 11.8 Å². The molecular weight excluding hydrogens is 295 g/mol. The van der Waals surface area contributed by atoms with Crippen molar-refractivity contribution in [3.8, 4) is 17.9 Å². The Morgan fingerprint density at radius 1 is 1.39 bits per heavy atom. The van der Waals surface area contributed by atoms with Crippen molar-refractivity contribution in [2.75, 3.05) is 13.7 Å². The van der Waals surface area contributed by atoms with Crippen molar-refractivity contribution in [3.63, 3.8) is 0 Å². The lowest BCUT2D eigenvalue weighted by Gasteiger charge is -2.31. The van der Waals surface area contributed by atoms with Gasteiger partial charge in [-0.25, -0.2) is 9.18 Å². The summed E-state index contributed by atoms with van der Waals surface area (Å²) in [6.07, 6.45) is 2.10. The smallest absolute Gasteiger partial charge is 0.410 e. The van der Waals surface area contributed by atoms with Crippen LogP contribution in [0.2, 0.25) is 0 Å². The molecule has 1 aromatic carbocycles. The summed E-state index contributed by atoms with van der Waals surface area (Å²) in [6, 6.07) is 5.88. The van der Waals surface area contributed by atoms with Crippen molar-refractivity contribution in [1.82, 2.24) is 4.90 Å². The van der Waals surface area contributed by atoms with Gasteiger partial charge in [0.15, 0.2) is 0 Å². The quantitative estimate of drug-likeness (QED) is 0.691. The molecule has 0 aliphatic carbocycles. The molecule has 1 aliphatic heterocycles. The van der Waals surface area contributed by atoms with Gasteiger partial charge < -0.3 is 4.74 Å². The van der Waals surface area contributed by atoms with Gasteiger partial charge in [0.1, 0.15) is 5.82 Å². The number of hydrogen-bond acceptors (Lipinski definition) is 3. The number of likely N-dealkylation sites (tertiary alicyclic amines) is 1. The van der Waals surface area contributed by atoms with E-state index in [4.69, 9.17) is 10.00 Å². The topological polar surface area (TPSA) is 53.3 Å². The summed E-state index contributed by atoms with van der Waals surface area (Å²) >= 11 is 0. The summed E-state index contributed by atoms with van der Waals surface area (Å²) in [5.41, 5.74) is 1.22. The van der Waals surface area contributed by atoms with E-state index in [-0.39, 0.29) is 11.7 Å². The molecule has 23 heavy (non-hydrogen) atoms. The Labute approximate surface area is 135 Å². The van der Waals surface area contributed by atoms with Crippen LogP contribution in [-0.2, 0) is 4.74 Å². The summed E-state index contributed by atoms with van der Waals surface area (Å²) in [7, 11) is 1.36. The van der Waals surface area contributed by atoms with Crippen LogP contribution in [0.4, 0.5) is 9.18 Å². The first-order valence-electron chi connectivity index (χ1n) is 7.16. The third-order valence-corrected chi connectivity index (χ3v) is 3.95. The first kappa shape index (κ1) is 16.6. The number of nitrogens with zero attached hydrogens (tertiary/aromatic N) is 2. The number of benzene rings is 1. The van der Waals surface area contributed by atoms with Crippen LogP contribution in [0.1, 0.15) is 31.4 Å². The molecule has 1 heterocycles. The molecule has 1 amide bonds. The summed E-state index contributed by atoms with van der Waals surface area (Å²) in [4.78, 5) is 13.4. The van der Waals surface area contributed by atoms with Gasteiger partial charge in [0.2, 0.25) is 0 Å². The van der Waals surface area contributed by atoms with E-state index in [1.807, 2.05) is 19.9 Å². The lowest BCUT2D eigenvalue weighted by atomic mass is 9.95. The molecule has 4 nitrogen and oxygen atoms in total. The van der Waals surface area contributed by atoms with Crippen molar-refractivity contribution in [2.24, 2.45) is 0 Å². The SMILES string of the molecule is COC(=O)N1CC/C(=C\C#Cc2cc(F)cc(C#N)c2)C1(C)C. The summed E-state index contributed by atoms with van der Waals surface area (Å²) < 4.78 is 18.1. The molecule has 5 heteroatoms. The van der Waals surface area contributed by atoms with Crippen LogP contribution in [0, 0.1) is 29.0 Å². The lowest BCUT2D eigenvalue weighted by Crippen LogP contribution is -2.43. The van der Waals surface area contributed by atoms with Gasteiger partial charge in [-0.05, 0) is 50.1 Å². The highest BCUT2D eigenvalue weighted by molar-refractivity contribution is 5.70. The van der Waals surface area contributed by atoms with E-state index in [0.717, 1.165) is 11.6 Å². The highest BCUT2D eigenvalue weighted by Crippen LogP contribution is 2.34. The van der Waals surface area contributed by atoms with Gasteiger partial charge >= 0.3 is 6.09 Å². The Kier molecular flexibility index (Phi) is 4.71. The fourth-order valence-corrected chi connectivity index (χ4v) is 2.60. The second kappa shape index (κ2) is 6.54. The van der Waals surface area contributed by atoms with Gasteiger partial charge in [0, 0.05) is 12.1 Å². The fourth-order valence-electron chi connectivity index (χ4n) is 2.60. The van der Waals surface area contributed by atoms with Gasteiger partial charge in [-0.1, -0.05) is 11.8 Å². The number of carbonyl (C=O) groups is 1. The van der Waals surface area contributed by atoms with E-state index in [1.54, 1.807) is 11.0 Å². The van der Waals surface area contributed by atoms with Crippen LogP contribution < -0.4 is 0 Å². The van der Waals surface area contributed by atoms with E-state index in [0.29, 0.717) is 18.5 Å². The lowest BCUT2D eigenvalue weighted by molar-refractivity contribution is 0.105.